The van der Waals surface area contributed by atoms with Gasteiger partial charge in [-0.1, -0.05) is 24.3 Å². The molecule has 3 rings (SSSR count). The summed E-state index contributed by atoms with van der Waals surface area (Å²) in [5.41, 5.74) is 8.46. The molecular formula is C11H13NO2. The van der Waals surface area contributed by atoms with E-state index in [0.717, 1.165) is 18.4 Å². The molecule has 0 saturated carbocycles. The van der Waals surface area contributed by atoms with E-state index in [2.05, 4.69) is 6.07 Å². The van der Waals surface area contributed by atoms with Crippen LogP contribution in [0, 0.1) is 0 Å². The molecule has 1 spiro atoms. The van der Waals surface area contributed by atoms with Gasteiger partial charge in [-0.15, -0.1) is 0 Å². The maximum atomic E-state index is 6.04. The summed E-state index contributed by atoms with van der Waals surface area (Å²) in [7, 11) is 0. The third kappa shape index (κ3) is 0.919. The van der Waals surface area contributed by atoms with Crippen molar-refractivity contribution in [3.05, 3.63) is 35.4 Å². The number of rotatable bonds is 0. The number of hydrogen-bond acceptors (Lipinski definition) is 3. The predicted molar refractivity (Wildman–Crippen MR) is 51.5 cm³/mol. The van der Waals surface area contributed by atoms with Crippen molar-refractivity contribution in [2.75, 3.05) is 6.79 Å². The van der Waals surface area contributed by atoms with Gasteiger partial charge < -0.3 is 15.2 Å². The summed E-state index contributed by atoms with van der Waals surface area (Å²) in [6.07, 6.45) is 1.95. The highest BCUT2D eigenvalue weighted by Gasteiger charge is 2.50. The van der Waals surface area contributed by atoms with Crippen molar-refractivity contribution >= 4 is 0 Å². The Balaban J connectivity index is 2.12. The fraction of sp³-hybridized carbons (Fsp3) is 0.455. The van der Waals surface area contributed by atoms with E-state index < -0.39 is 5.79 Å². The summed E-state index contributed by atoms with van der Waals surface area (Å²) in [6, 6.07) is 8.18. The highest BCUT2D eigenvalue weighted by atomic mass is 16.9. The van der Waals surface area contributed by atoms with Gasteiger partial charge >= 0.3 is 0 Å². The molecule has 1 heterocycles. The molecule has 3 heteroatoms. The molecule has 1 aliphatic heterocycles. The van der Waals surface area contributed by atoms with Crippen LogP contribution >= 0.6 is 0 Å². The van der Waals surface area contributed by atoms with E-state index in [-0.39, 0.29) is 6.04 Å². The van der Waals surface area contributed by atoms with Crippen molar-refractivity contribution in [3.63, 3.8) is 0 Å². The molecular weight excluding hydrogens is 178 g/mol. The standard InChI is InChI=1S/C11H13NO2/c12-10-6-5-8-3-1-2-4-9(8)11(10)13-7-14-11/h1-4,10H,5-7,12H2. The van der Waals surface area contributed by atoms with Crippen molar-refractivity contribution in [2.45, 2.75) is 24.7 Å². The highest BCUT2D eigenvalue weighted by Crippen LogP contribution is 2.43. The second-order valence-electron chi connectivity index (χ2n) is 3.88. The van der Waals surface area contributed by atoms with Crippen LogP contribution in [0.25, 0.3) is 0 Å². The highest BCUT2D eigenvalue weighted by molar-refractivity contribution is 5.35. The number of ether oxygens (including phenoxy) is 2. The molecule has 0 aromatic heterocycles. The summed E-state index contributed by atoms with van der Waals surface area (Å²) >= 11 is 0. The van der Waals surface area contributed by atoms with E-state index in [4.69, 9.17) is 15.2 Å². The van der Waals surface area contributed by atoms with Crippen LogP contribution in [0.15, 0.2) is 24.3 Å². The number of aryl methyl sites for hydroxylation is 1. The summed E-state index contributed by atoms with van der Waals surface area (Å²) in [6.45, 7) is 0.363. The lowest BCUT2D eigenvalue weighted by Gasteiger charge is -2.48. The Hall–Kier alpha value is -0.900. The largest absolute Gasteiger partial charge is 0.323 e. The average Bonchev–Trinajstić information content (AvgIpc) is 2.15. The fourth-order valence-electron chi connectivity index (χ4n) is 2.33. The third-order valence-corrected chi connectivity index (χ3v) is 3.15. The van der Waals surface area contributed by atoms with Crippen LogP contribution in [0.5, 0.6) is 0 Å². The van der Waals surface area contributed by atoms with E-state index in [1.807, 2.05) is 18.2 Å². The molecule has 2 aliphatic rings. The van der Waals surface area contributed by atoms with Crippen LogP contribution in [-0.4, -0.2) is 12.8 Å². The first kappa shape index (κ1) is 8.41. The Kier molecular flexibility index (Phi) is 1.68. The Morgan fingerprint density at radius 1 is 1.29 bits per heavy atom. The molecule has 0 bridgehead atoms. The molecule has 1 unspecified atom stereocenters. The van der Waals surface area contributed by atoms with Crippen LogP contribution in [-0.2, 0) is 21.7 Å². The molecule has 74 valence electrons. The summed E-state index contributed by atoms with van der Waals surface area (Å²) < 4.78 is 11.1. The van der Waals surface area contributed by atoms with Crippen molar-refractivity contribution < 1.29 is 9.47 Å². The minimum Gasteiger partial charge on any atom is -0.323 e. The average molecular weight is 191 g/mol. The van der Waals surface area contributed by atoms with Gasteiger partial charge in [-0.3, -0.25) is 0 Å². The summed E-state index contributed by atoms with van der Waals surface area (Å²) in [5.74, 6) is -0.630. The normalized spacial score (nSPS) is 28.2. The minimum absolute atomic E-state index is 0.0360. The van der Waals surface area contributed by atoms with Crippen LogP contribution in [0.3, 0.4) is 0 Å². The lowest BCUT2D eigenvalue weighted by molar-refractivity contribution is -0.419. The van der Waals surface area contributed by atoms with Gasteiger partial charge in [0.05, 0.1) is 6.04 Å². The second kappa shape index (κ2) is 2.79. The number of benzene rings is 1. The monoisotopic (exact) mass is 191 g/mol. The van der Waals surface area contributed by atoms with Gasteiger partial charge in [-0.2, -0.15) is 0 Å². The maximum absolute atomic E-state index is 6.04. The molecule has 14 heavy (non-hydrogen) atoms. The van der Waals surface area contributed by atoms with Gasteiger partial charge in [0.15, 0.2) is 6.79 Å². The summed E-state index contributed by atoms with van der Waals surface area (Å²) in [5, 5.41) is 0. The van der Waals surface area contributed by atoms with Crippen LogP contribution in [0.4, 0.5) is 0 Å². The van der Waals surface area contributed by atoms with Crippen molar-refractivity contribution in [1.82, 2.24) is 0 Å². The quantitative estimate of drug-likeness (QED) is 0.668. The van der Waals surface area contributed by atoms with Crippen LogP contribution in [0.1, 0.15) is 17.5 Å². The number of hydrogen-bond donors (Lipinski definition) is 1. The van der Waals surface area contributed by atoms with E-state index in [9.17, 15) is 0 Å². The van der Waals surface area contributed by atoms with Gasteiger partial charge in [0.1, 0.15) is 0 Å². The lowest BCUT2D eigenvalue weighted by atomic mass is 9.82. The van der Waals surface area contributed by atoms with E-state index in [1.54, 1.807) is 0 Å². The zero-order valence-electron chi connectivity index (χ0n) is 7.90. The first-order valence-electron chi connectivity index (χ1n) is 4.95. The van der Waals surface area contributed by atoms with Gasteiger partial charge in [0.2, 0.25) is 5.79 Å². The molecule has 1 atom stereocenters. The lowest BCUT2D eigenvalue weighted by Crippen LogP contribution is -2.58. The van der Waals surface area contributed by atoms with Gasteiger partial charge in [0.25, 0.3) is 0 Å². The Bertz CT molecular complexity index is 360. The molecule has 1 saturated heterocycles. The SMILES string of the molecule is NC1CCc2ccccc2C12OCO2. The minimum atomic E-state index is -0.630. The fourth-order valence-corrected chi connectivity index (χ4v) is 2.33. The molecule has 0 radical (unpaired) electrons. The van der Waals surface area contributed by atoms with Crippen molar-refractivity contribution in [2.24, 2.45) is 5.73 Å². The number of fused-ring (bicyclic) bond motifs is 2. The van der Waals surface area contributed by atoms with Gasteiger partial charge in [-0.25, -0.2) is 0 Å². The van der Waals surface area contributed by atoms with E-state index in [0.29, 0.717) is 6.79 Å². The second-order valence-corrected chi connectivity index (χ2v) is 3.88. The smallest absolute Gasteiger partial charge is 0.215 e. The molecule has 1 aliphatic carbocycles. The molecule has 3 nitrogen and oxygen atoms in total. The first-order chi connectivity index (χ1) is 6.83. The van der Waals surface area contributed by atoms with Gasteiger partial charge in [-0.05, 0) is 18.4 Å². The predicted octanol–water partition coefficient (Wildman–Crippen LogP) is 1.12. The zero-order valence-corrected chi connectivity index (χ0v) is 7.90. The zero-order chi connectivity index (χ0) is 9.60. The van der Waals surface area contributed by atoms with E-state index >= 15 is 0 Å². The maximum Gasteiger partial charge on any atom is 0.215 e. The third-order valence-electron chi connectivity index (χ3n) is 3.15. The van der Waals surface area contributed by atoms with Crippen LogP contribution in [0.2, 0.25) is 0 Å². The molecule has 1 aromatic rings. The number of nitrogens with two attached hydrogens (primary N) is 1. The van der Waals surface area contributed by atoms with Gasteiger partial charge in [0, 0.05) is 5.56 Å². The Morgan fingerprint density at radius 3 is 2.79 bits per heavy atom. The molecule has 0 amide bonds. The Morgan fingerprint density at radius 2 is 2.07 bits per heavy atom. The van der Waals surface area contributed by atoms with E-state index in [1.165, 1.54) is 5.56 Å². The van der Waals surface area contributed by atoms with Crippen molar-refractivity contribution in [1.29, 1.82) is 0 Å². The summed E-state index contributed by atoms with van der Waals surface area (Å²) in [4.78, 5) is 0. The molecule has 1 fully saturated rings. The van der Waals surface area contributed by atoms with Crippen molar-refractivity contribution in [3.8, 4) is 0 Å². The molecule has 2 N–H and O–H groups in total. The first-order valence-corrected chi connectivity index (χ1v) is 4.95. The Labute approximate surface area is 82.8 Å². The topological polar surface area (TPSA) is 44.5 Å². The van der Waals surface area contributed by atoms with Crippen LogP contribution < -0.4 is 5.73 Å². The molecule has 1 aromatic carbocycles.